The van der Waals surface area contributed by atoms with Gasteiger partial charge >= 0.3 is 0 Å². The van der Waals surface area contributed by atoms with Crippen molar-refractivity contribution in [2.45, 2.75) is 44.2 Å². The largest absolute Gasteiger partial charge is 0.381 e. The maximum Gasteiger partial charge on any atom is 0.228 e. The Morgan fingerprint density at radius 2 is 2.00 bits per heavy atom. The predicted molar refractivity (Wildman–Crippen MR) is 91.7 cm³/mol. The fraction of sp³-hybridized carbons (Fsp3) is 0.650. The van der Waals surface area contributed by atoms with Gasteiger partial charge in [0.1, 0.15) is 0 Å². The van der Waals surface area contributed by atoms with Gasteiger partial charge in [-0.05, 0) is 43.6 Å². The van der Waals surface area contributed by atoms with E-state index in [1.807, 2.05) is 6.07 Å². The van der Waals surface area contributed by atoms with Crippen LogP contribution in [0.25, 0.3) is 0 Å². The maximum atomic E-state index is 12.9. The molecule has 2 heterocycles. The lowest BCUT2D eigenvalue weighted by Crippen LogP contribution is -2.44. The highest BCUT2D eigenvalue weighted by Crippen LogP contribution is 2.32. The highest BCUT2D eigenvalue weighted by molar-refractivity contribution is 5.80. The van der Waals surface area contributed by atoms with Crippen LogP contribution in [0, 0.1) is 11.8 Å². The number of benzene rings is 1. The molecule has 1 saturated carbocycles. The second-order valence-corrected chi connectivity index (χ2v) is 7.45. The summed E-state index contributed by atoms with van der Waals surface area (Å²) in [6.07, 6.45) is 5.49. The molecule has 2 aliphatic heterocycles. The Kier molecular flexibility index (Phi) is 4.86. The van der Waals surface area contributed by atoms with Gasteiger partial charge in [-0.2, -0.15) is 0 Å². The smallest absolute Gasteiger partial charge is 0.228 e. The van der Waals surface area contributed by atoms with E-state index in [-0.39, 0.29) is 24.0 Å². The first kappa shape index (κ1) is 16.1. The topological polar surface area (TPSA) is 38.8 Å². The zero-order chi connectivity index (χ0) is 16.4. The van der Waals surface area contributed by atoms with Crippen LogP contribution in [0.3, 0.4) is 0 Å². The van der Waals surface area contributed by atoms with Crippen LogP contribution < -0.4 is 0 Å². The molecule has 0 bridgehead atoms. The lowest BCUT2D eigenvalue weighted by atomic mass is 10.00. The predicted octanol–water partition coefficient (Wildman–Crippen LogP) is 2.66. The molecule has 0 N–H and O–H groups in total. The van der Waals surface area contributed by atoms with Gasteiger partial charge in [0.2, 0.25) is 5.91 Å². The molecule has 3 atom stereocenters. The minimum absolute atomic E-state index is 0.0467. The molecule has 1 aromatic rings. The summed E-state index contributed by atoms with van der Waals surface area (Å²) in [7, 11) is 0. The third-order valence-electron chi connectivity index (χ3n) is 5.58. The molecule has 2 saturated heterocycles. The maximum absolute atomic E-state index is 12.9. The quantitative estimate of drug-likeness (QED) is 0.805. The molecule has 130 valence electrons. The Balaban J connectivity index is 1.47. The van der Waals surface area contributed by atoms with E-state index in [4.69, 9.17) is 9.47 Å². The number of ether oxygens (including phenoxy) is 2. The lowest BCUT2D eigenvalue weighted by Gasteiger charge is -2.30. The summed E-state index contributed by atoms with van der Waals surface area (Å²) in [5.74, 6) is 1.08. The fourth-order valence-electron chi connectivity index (χ4n) is 3.90. The normalized spacial score (nSPS) is 30.0. The van der Waals surface area contributed by atoms with Crippen LogP contribution in [0.2, 0.25) is 0 Å². The summed E-state index contributed by atoms with van der Waals surface area (Å²) in [6.45, 7) is 2.99. The fourth-order valence-corrected chi connectivity index (χ4v) is 3.90. The molecular weight excluding hydrogens is 302 g/mol. The number of rotatable bonds is 6. The number of amides is 1. The first-order chi connectivity index (χ1) is 11.8. The standard InChI is InChI=1S/C20H27NO3/c22-20(17-9-11-23-14-17)21-10-8-19(24-13-16-6-7-16)18(21)12-15-4-2-1-3-5-15/h1-5,16-19H,6-14H2/t17?,18-,19-/m1/s1. The van der Waals surface area contributed by atoms with E-state index in [1.165, 1.54) is 18.4 Å². The summed E-state index contributed by atoms with van der Waals surface area (Å²) in [6, 6.07) is 10.6. The summed E-state index contributed by atoms with van der Waals surface area (Å²) < 4.78 is 11.7. The lowest BCUT2D eigenvalue weighted by molar-refractivity contribution is -0.137. The van der Waals surface area contributed by atoms with E-state index in [1.54, 1.807) is 0 Å². The number of nitrogens with zero attached hydrogens (tertiary/aromatic N) is 1. The molecule has 1 unspecified atom stereocenters. The van der Waals surface area contributed by atoms with Gasteiger partial charge < -0.3 is 14.4 Å². The average Bonchev–Trinajstić information content (AvgIpc) is 3.12. The van der Waals surface area contributed by atoms with Gasteiger partial charge in [0, 0.05) is 19.8 Å². The molecule has 24 heavy (non-hydrogen) atoms. The zero-order valence-corrected chi connectivity index (χ0v) is 14.2. The van der Waals surface area contributed by atoms with Crippen LogP contribution in [0.4, 0.5) is 0 Å². The molecule has 1 aliphatic carbocycles. The van der Waals surface area contributed by atoms with Gasteiger partial charge in [-0.3, -0.25) is 4.79 Å². The van der Waals surface area contributed by atoms with E-state index in [0.717, 1.165) is 44.9 Å². The summed E-state index contributed by atoms with van der Waals surface area (Å²) in [4.78, 5) is 15.0. The van der Waals surface area contributed by atoms with Crippen LogP contribution in [-0.4, -0.2) is 49.3 Å². The molecule has 4 heteroatoms. The summed E-state index contributed by atoms with van der Waals surface area (Å²) >= 11 is 0. The number of hydrogen-bond donors (Lipinski definition) is 0. The molecule has 0 aromatic heterocycles. The molecule has 0 spiro atoms. The second kappa shape index (κ2) is 7.24. The molecule has 0 radical (unpaired) electrons. The second-order valence-electron chi connectivity index (χ2n) is 7.45. The molecule has 1 amide bonds. The average molecular weight is 329 g/mol. The summed E-state index contributed by atoms with van der Waals surface area (Å²) in [5.41, 5.74) is 1.28. The third kappa shape index (κ3) is 3.65. The van der Waals surface area contributed by atoms with E-state index >= 15 is 0 Å². The van der Waals surface area contributed by atoms with Gasteiger partial charge in [-0.1, -0.05) is 30.3 Å². The van der Waals surface area contributed by atoms with Crippen molar-refractivity contribution in [3.05, 3.63) is 35.9 Å². The highest BCUT2D eigenvalue weighted by Gasteiger charge is 2.41. The Labute approximate surface area is 144 Å². The number of likely N-dealkylation sites (tertiary alicyclic amines) is 1. The van der Waals surface area contributed by atoms with Crippen molar-refractivity contribution < 1.29 is 14.3 Å². The Morgan fingerprint density at radius 1 is 1.17 bits per heavy atom. The van der Waals surface area contributed by atoms with Crippen molar-refractivity contribution in [3.63, 3.8) is 0 Å². The molecular formula is C20H27NO3. The van der Waals surface area contributed by atoms with Crippen LogP contribution in [0.15, 0.2) is 30.3 Å². The van der Waals surface area contributed by atoms with Gasteiger partial charge in [-0.25, -0.2) is 0 Å². The number of hydrogen-bond acceptors (Lipinski definition) is 3. The van der Waals surface area contributed by atoms with E-state index < -0.39 is 0 Å². The van der Waals surface area contributed by atoms with Crippen molar-refractivity contribution in [2.75, 3.05) is 26.4 Å². The van der Waals surface area contributed by atoms with Crippen molar-refractivity contribution >= 4 is 5.91 Å². The van der Waals surface area contributed by atoms with Gasteiger partial charge in [0.05, 0.1) is 24.7 Å². The Morgan fingerprint density at radius 3 is 2.71 bits per heavy atom. The molecule has 1 aromatic carbocycles. The molecule has 4 nitrogen and oxygen atoms in total. The first-order valence-electron chi connectivity index (χ1n) is 9.35. The van der Waals surface area contributed by atoms with Crippen molar-refractivity contribution in [1.29, 1.82) is 0 Å². The van der Waals surface area contributed by atoms with Crippen molar-refractivity contribution in [3.8, 4) is 0 Å². The number of carbonyl (C=O) groups is 1. The Hall–Kier alpha value is -1.39. The van der Waals surface area contributed by atoms with E-state index in [2.05, 4.69) is 29.2 Å². The molecule has 3 fully saturated rings. The Bertz CT molecular complexity index is 551. The van der Waals surface area contributed by atoms with Gasteiger partial charge in [0.15, 0.2) is 0 Å². The van der Waals surface area contributed by atoms with Gasteiger partial charge in [0.25, 0.3) is 0 Å². The number of carbonyl (C=O) groups excluding carboxylic acids is 1. The van der Waals surface area contributed by atoms with Gasteiger partial charge in [-0.15, -0.1) is 0 Å². The summed E-state index contributed by atoms with van der Waals surface area (Å²) in [5, 5.41) is 0. The molecule has 4 rings (SSSR count). The molecule has 3 aliphatic rings. The zero-order valence-electron chi connectivity index (χ0n) is 14.2. The minimum atomic E-state index is 0.0467. The van der Waals surface area contributed by atoms with Crippen LogP contribution in [0.5, 0.6) is 0 Å². The third-order valence-corrected chi connectivity index (χ3v) is 5.58. The van der Waals surface area contributed by atoms with Crippen molar-refractivity contribution in [2.24, 2.45) is 11.8 Å². The van der Waals surface area contributed by atoms with Crippen LogP contribution in [0.1, 0.15) is 31.2 Å². The van der Waals surface area contributed by atoms with Crippen molar-refractivity contribution in [1.82, 2.24) is 4.90 Å². The highest BCUT2D eigenvalue weighted by atomic mass is 16.5. The van der Waals surface area contributed by atoms with E-state index in [0.29, 0.717) is 6.61 Å². The monoisotopic (exact) mass is 329 g/mol. The van der Waals surface area contributed by atoms with Crippen LogP contribution >= 0.6 is 0 Å². The van der Waals surface area contributed by atoms with Crippen LogP contribution in [-0.2, 0) is 20.7 Å². The minimum Gasteiger partial charge on any atom is -0.381 e. The SMILES string of the molecule is O=C(C1CCOC1)N1CC[C@@H](OCC2CC2)[C@H]1Cc1ccccc1. The van der Waals surface area contributed by atoms with E-state index in [9.17, 15) is 4.79 Å². The first-order valence-corrected chi connectivity index (χ1v) is 9.35.